The van der Waals surface area contributed by atoms with Gasteiger partial charge in [0, 0.05) is 0 Å². The van der Waals surface area contributed by atoms with Gasteiger partial charge in [0.15, 0.2) is 0 Å². The van der Waals surface area contributed by atoms with Gasteiger partial charge in [-0.15, -0.1) is 0 Å². The molecule has 0 aliphatic carbocycles. The average Bonchev–Trinajstić information content (AvgIpc) is 2.34. The lowest BCUT2D eigenvalue weighted by Crippen LogP contribution is -2.30. The van der Waals surface area contributed by atoms with Crippen molar-refractivity contribution in [3.05, 3.63) is 29.1 Å². The molecule has 0 fully saturated rings. The van der Waals surface area contributed by atoms with Gasteiger partial charge in [-0.3, -0.25) is 4.79 Å². The number of amides is 1. The van der Waals surface area contributed by atoms with Crippen LogP contribution in [-0.2, 0) is 11.2 Å². The number of halogens is 4. The Morgan fingerprint density at radius 3 is 2.38 bits per heavy atom. The SMILES string of the molecule is CCCCc1cc(F)c(C(=O)O)c(NC(=O)C(F)(F)F)c1. The predicted molar refractivity (Wildman–Crippen MR) is 66.7 cm³/mol. The predicted octanol–water partition coefficient (Wildman–Crippen LogP) is 3.37. The summed E-state index contributed by atoms with van der Waals surface area (Å²) in [5, 5.41) is 10.3. The molecule has 1 amide bonds. The van der Waals surface area contributed by atoms with Crippen LogP contribution in [0.25, 0.3) is 0 Å². The molecule has 116 valence electrons. The maximum absolute atomic E-state index is 13.7. The van der Waals surface area contributed by atoms with E-state index in [1.165, 1.54) is 5.32 Å². The highest BCUT2D eigenvalue weighted by Crippen LogP contribution is 2.25. The van der Waals surface area contributed by atoms with Crippen molar-refractivity contribution in [3.8, 4) is 0 Å². The van der Waals surface area contributed by atoms with Crippen LogP contribution in [0.5, 0.6) is 0 Å². The minimum atomic E-state index is -5.19. The van der Waals surface area contributed by atoms with E-state index in [-0.39, 0.29) is 0 Å². The third-order valence-corrected chi connectivity index (χ3v) is 2.69. The second-order valence-electron chi connectivity index (χ2n) is 4.36. The van der Waals surface area contributed by atoms with Crippen molar-refractivity contribution >= 4 is 17.6 Å². The molecule has 1 rings (SSSR count). The number of carboxylic acid groups (broad SMARTS) is 1. The lowest BCUT2D eigenvalue weighted by molar-refractivity contribution is -0.167. The molecule has 0 aliphatic heterocycles. The van der Waals surface area contributed by atoms with E-state index >= 15 is 0 Å². The van der Waals surface area contributed by atoms with Crippen molar-refractivity contribution in [2.75, 3.05) is 5.32 Å². The number of rotatable bonds is 5. The first-order valence-corrected chi connectivity index (χ1v) is 6.10. The summed E-state index contributed by atoms with van der Waals surface area (Å²) in [6.45, 7) is 1.87. The van der Waals surface area contributed by atoms with E-state index < -0.39 is 35.1 Å². The highest BCUT2D eigenvalue weighted by Gasteiger charge is 2.39. The molecular weight excluding hydrogens is 294 g/mol. The lowest BCUT2D eigenvalue weighted by Gasteiger charge is -2.13. The second kappa shape index (κ2) is 6.55. The summed E-state index contributed by atoms with van der Waals surface area (Å²) >= 11 is 0. The Morgan fingerprint density at radius 2 is 1.90 bits per heavy atom. The van der Waals surface area contributed by atoms with Crippen LogP contribution in [0.15, 0.2) is 12.1 Å². The number of nitrogens with one attached hydrogen (secondary N) is 1. The highest BCUT2D eigenvalue weighted by molar-refractivity contribution is 6.02. The fourth-order valence-corrected chi connectivity index (χ4v) is 1.70. The number of alkyl halides is 3. The number of benzene rings is 1. The van der Waals surface area contributed by atoms with Gasteiger partial charge in [-0.2, -0.15) is 13.2 Å². The molecule has 0 saturated carbocycles. The first-order valence-electron chi connectivity index (χ1n) is 6.10. The van der Waals surface area contributed by atoms with E-state index in [9.17, 15) is 27.2 Å². The Labute approximate surface area is 117 Å². The van der Waals surface area contributed by atoms with Gasteiger partial charge in [0.25, 0.3) is 0 Å². The maximum atomic E-state index is 13.7. The van der Waals surface area contributed by atoms with Crippen molar-refractivity contribution in [2.24, 2.45) is 0 Å². The Bertz CT molecular complexity index is 555. The number of hydrogen-bond donors (Lipinski definition) is 2. The van der Waals surface area contributed by atoms with Crippen LogP contribution in [0.2, 0.25) is 0 Å². The number of aryl methyl sites for hydroxylation is 1. The molecule has 0 radical (unpaired) electrons. The van der Waals surface area contributed by atoms with Crippen LogP contribution in [-0.4, -0.2) is 23.2 Å². The van der Waals surface area contributed by atoms with Gasteiger partial charge in [0.2, 0.25) is 0 Å². The van der Waals surface area contributed by atoms with Gasteiger partial charge in [-0.25, -0.2) is 9.18 Å². The van der Waals surface area contributed by atoms with Crippen LogP contribution in [0.1, 0.15) is 35.7 Å². The largest absolute Gasteiger partial charge is 0.478 e. The zero-order valence-electron chi connectivity index (χ0n) is 11.1. The Balaban J connectivity index is 3.22. The number of carbonyl (C=O) groups is 2. The summed E-state index contributed by atoms with van der Waals surface area (Å²) in [4.78, 5) is 21.8. The molecule has 2 N–H and O–H groups in total. The summed E-state index contributed by atoms with van der Waals surface area (Å²) in [6.07, 6.45) is -3.40. The zero-order chi connectivity index (χ0) is 16.2. The topological polar surface area (TPSA) is 66.4 Å². The van der Waals surface area contributed by atoms with E-state index in [1.807, 2.05) is 6.92 Å². The Morgan fingerprint density at radius 1 is 1.29 bits per heavy atom. The van der Waals surface area contributed by atoms with E-state index in [2.05, 4.69) is 0 Å². The highest BCUT2D eigenvalue weighted by atomic mass is 19.4. The van der Waals surface area contributed by atoms with Crippen molar-refractivity contribution in [1.29, 1.82) is 0 Å². The molecule has 1 aromatic rings. The standard InChI is InChI=1S/C13H13F4NO3/c1-2-3-4-7-5-8(14)10(11(19)20)9(6-7)18-12(21)13(15,16)17/h5-6H,2-4H2,1H3,(H,18,21)(H,19,20). The molecule has 0 spiro atoms. The molecule has 4 nitrogen and oxygen atoms in total. The molecule has 0 atom stereocenters. The van der Waals surface area contributed by atoms with Crippen molar-refractivity contribution in [1.82, 2.24) is 0 Å². The Kier molecular flexibility index (Phi) is 5.28. The van der Waals surface area contributed by atoms with Crippen LogP contribution in [0, 0.1) is 5.82 Å². The van der Waals surface area contributed by atoms with Crippen LogP contribution < -0.4 is 5.32 Å². The van der Waals surface area contributed by atoms with E-state index in [0.717, 1.165) is 18.6 Å². The minimum absolute atomic E-state index is 0.317. The van der Waals surface area contributed by atoms with Crippen molar-refractivity contribution in [3.63, 3.8) is 0 Å². The van der Waals surface area contributed by atoms with E-state index in [4.69, 9.17) is 5.11 Å². The van der Waals surface area contributed by atoms with Crippen molar-refractivity contribution < 1.29 is 32.3 Å². The molecule has 21 heavy (non-hydrogen) atoms. The molecule has 0 heterocycles. The minimum Gasteiger partial charge on any atom is -0.478 e. The van der Waals surface area contributed by atoms with Gasteiger partial charge in [0.1, 0.15) is 11.4 Å². The molecule has 0 bridgehead atoms. The Hall–Kier alpha value is -2.12. The summed E-state index contributed by atoms with van der Waals surface area (Å²) in [5.74, 6) is -5.29. The van der Waals surface area contributed by atoms with Gasteiger partial charge in [-0.1, -0.05) is 13.3 Å². The number of hydrogen-bond acceptors (Lipinski definition) is 2. The second-order valence-corrected chi connectivity index (χ2v) is 4.36. The summed E-state index contributed by atoms with van der Waals surface area (Å²) in [5.41, 5.74) is -1.37. The monoisotopic (exact) mass is 307 g/mol. The average molecular weight is 307 g/mol. The third-order valence-electron chi connectivity index (χ3n) is 2.69. The number of unbranched alkanes of at least 4 members (excludes halogenated alkanes) is 1. The number of aromatic carboxylic acids is 1. The molecule has 0 aromatic heterocycles. The first kappa shape index (κ1) is 16.9. The van der Waals surface area contributed by atoms with Gasteiger partial charge < -0.3 is 10.4 Å². The molecule has 1 aromatic carbocycles. The van der Waals surface area contributed by atoms with Crippen LogP contribution in [0.3, 0.4) is 0 Å². The fraction of sp³-hybridized carbons (Fsp3) is 0.385. The van der Waals surface area contributed by atoms with Gasteiger partial charge >= 0.3 is 18.1 Å². The summed E-state index contributed by atoms with van der Waals surface area (Å²) in [6, 6.07) is 1.99. The third kappa shape index (κ3) is 4.44. The van der Waals surface area contributed by atoms with Gasteiger partial charge in [0.05, 0.1) is 5.69 Å². The molecule has 0 saturated heterocycles. The smallest absolute Gasteiger partial charge is 0.471 e. The van der Waals surface area contributed by atoms with E-state index in [0.29, 0.717) is 18.4 Å². The summed E-state index contributed by atoms with van der Waals surface area (Å²) < 4.78 is 50.4. The quantitative estimate of drug-likeness (QED) is 0.820. The first-order chi connectivity index (χ1) is 9.66. The van der Waals surface area contributed by atoms with Crippen LogP contribution in [0.4, 0.5) is 23.2 Å². The fourth-order valence-electron chi connectivity index (χ4n) is 1.70. The zero-order valence-corrected chi connectivity index (χ0v) is 11.1. The number of carboxylic acids is 1. The molecule has 0 unspecified atom stereocenters. The lowest BCUT2D eigenvalue weighted by atomic mass is 10.0. The normalized spacial score (nSPS) is 11.3. The number of anilines is 1. The van der Waals surface area contributed by atoms with Crippen LogP contribution >= 0.6 is 0 Å². The van der Waals surface area contributed by atoms with Gasteiger partial charge in [-0.05, 0) is 30.5 Å². The summed E-state index contributed by atoms with van der Waals surface area (Å²) in [7, 11) is 0. The molecule has 8 heteroatoms. The number of carbonyl (C=O) groups excluding carboxylic acids is 1. The molecule has 0 aliphatic rings. The molecular formula is C13H13F4NO3. The van der Waals surface area contributed by atoms with Crippen molar-refractivity contribution in [2.45, 2.75) is 32.4 Å². The van der Waals surface area contributed by atoms with E-state index in [1.54, 1.807) is 0 Å². The maximum Gasteiger partial charge on any atom is 0.471 e.